The van der Waals surface area contributed by atoms with Crippen molar-refractivity contribution in [2.45, 2.75) is 57.2 Å². The van der Waals surface area contributed by atoms with Gasteiger partial charge < -0.3 is 15.4 Å². The summed E-state index contributed by atoms with van der Waals surface area (Å²) in [6, 6.07) is 0.436. The van der Waals surface area contributed by atoms with Gasteiger partial charge in [-0.2, -0.15) is 0 Å². The minimum atomic E-state index is 0.188. The van der Waals surface area contributed by atoms with Gasteiger partial charge in [0.15, 0.2) is 5.96 Å². The van der Waals surface area contributed by atoms with Crippen LogP contribution < -0.4 is 5.73 Å². The summed E-state index contributed by atoms with van der Waals surface area (Å²) in [7, 11) is 1.81. The van der Waals surface area contributed by atoms with Crippen molar-refractivity contribution >= 4 is 5.96 Å². The van der Waals surface area contributed by atoms with Gasteiger partial charge in [-0.05, 0) is 39.5 Å². The Morgan fingerprint density at radius 2 is 2.06 bits per heavy atom. The highest BCUT2D eigenvalue weighted by Crippen LogP contribution is 2.38. The molecule has 0 atom stereocenters. The largest absolute Gasteiger partial charge is 0.381 e. The van der Waals surface area contributed by atoms with E-state index in [1.165, 1.54) is 0 Å². The number of guanidine groups is 1. The van der Waals surface area contributed by atoms with Crippen LogP contribution in [-0.4, -0.2) is 42.2 Å². The molecule has 0 unspecified atom stereocenters. The highest BCUT2D eigenvalue weighted by molar-refractivity contribution is 5.81. The van der Waals surface area contributed by atoms with Crippen molar-refractivity contribution in [2.75, 3.05) is 13.7 Å². The fraction of sp³-hybridized carbons (Fsp3) is 0.917. The number of nitrogens with two attached hydrogens (primary N) is 1. The van der Waals surface area contributed by atoms with Gasteiger partial charge in [-0.1, -0.05) is 0 Å². The van der Waals surface area contributed by atoms with Crippen molar-refractivity contribution in [1.29, 1.82) is 0 Å². The molecular formula is C12H23N3O. The molecule has 0 bridgehead atoms. The maximum atomic E-state index is 6.00. The first-order valence-electron chi connectivity index (χ1n) is 6.21. The molecule has 0 aromatic heterocycles. The van der Waals surface area contributed by atoms with Crippen LogP contribution in [0.25, 0.3) is 0 Å². The van der Waals surface area contributed by atoms with Crippen molar-refractivity contribution in [1.82, 2.24) is 4.90 Å². The van der Waals surface area contributed by atoms with E-state index in [-0.39, 0.29) is 5.54 Å². The number of aliphatic imine (C=N–C) groups is 1. The summed E-state index contributed by atoms with van der Waals surface area (Å²) in [5, 5.41) is 0. The van der Waals surface area contributed by atoms with Crippen LogP contribution in [-0.2, 0) is 4.74 Å². The van der Waals surface area contributed by atoms with E-state index in [9.17, 15) is 0 Å². The molecule has 0 amide bonds. The summed E-state index contributed by atoms with van der Waals surface area (Å²) < 4.78 is 5.43. The van der Waals surface area contributed by atoms with Crippen LogP contribution in [0.15, 0.2) is 4.99 Å². The van der Waals surface area contributed by atoms with E-state index in [1.54, 1.807) is 0 Å². The van der Waals surface area contributed by atoms with E-state index in [0.29, 0.717) is 12.1 Å². The fourth-order valence-corrected chi connectivity index (χ4v) is 3.20. The highest BCUT2D eigenvalue weighted by Gasteiger charge is 2.45. The molecule has 1 spiro atoms. The number of ether oxygens (including phenoxy) is 1. The summed E-state index contributed by atoms with van der Waals surface area (Å²) in [5.74, 6) is 0.728. The van der Waals surface area contributed by atoms with Gasteiger partial charge in [0, 0.05) is 13.2 Å². The lowest BCUT2D eigenvalue weighted by Crippen LogP contribution is -2.56. The third-order valence-electron chi connectivity index (χ3n) is 4.01. The second kappa shape index (κ2) is 4.24. The zero-order chi connectivity index (χ0) is 11.8. The minimum Gasteiger partial charge on any atom is -0.381 e. The number of hydrogen-bond donors (Lipinski definition) is 1. The molecule has 1 aliphatic carbocycles. The zero-order valence-corrected chi connectivity index (χ0v) is 10.6. The van der Waals surface area contributed by atoms with Crippen molar-refractivity contribution < 1.29 is 4.74 Å². The second-order valence-corrected chi connectivity index (χ2v) is 5.30. The molecular weight excluding hydrogens is 202 g/mol. The van der Waals surface area contributed by atoms with Crippen molar-refractivity contribution in [3.8, 4) is 0 Å². The molecule has 1 fully saturated rings. The summed E-state index contributed by atoms with van der Waals surface area (Å²) in [5.41, 5.74) is 6.19. The van der Waals surface area contributed by atoms with Crippen LogP contribution in [0, 0.1) is 0 Å². The molecule has 2 rings (SSSR count). The van der Waals surface area contributed by atoms with E-state index in [0.717, 1.165) is 38.2 Å². The summed E-state index contributed by atoms with van der Waals surface area (Å²) in [6.07, 6.45) is 4.98. The summed E-state index contributed by atoms with van der Waals surface area (Å²) in [4.78, 5) is 6.76. The van der Waals surface area contributed by atoms with E-state index in [4.69, 9.17) is 10.5 Å². The number of hydrogen-bond acceptors (Lipinski definition) is 4. The third kappa shape index (κ3) is 1.79. The predicted molar refractivity (Wildman–Crippen MR) is 65.5 cm³/mol. The van der Waals surface area contributed by atoms with E-state index in [2.05, 4.69) is 23.7 Å². The van der Waals surface area contributed by atoms with Gasteiger partial charge in [0.2, 0.25) is 0 Å². The van der Waals surface area contributed by atoms with Crippen molar-refractivity contribution in [3.63, 3.8) is 0 Å². The third-order valence-corrected chi connectivity index (χ3v) is 4.01. The predicted octanol–water partition coefficient (Wildman–Crippen LogP) is 1.35. The van der Waals surface area contributed by atoms with Crippen LogP contribution in [0.1, 0.15) is 39.5 Å². The highest BCUT2D eigenvalue weighted by atomic mass is 16.5. The maximum Gasteiger partial charge on any atom is 0.192 e. The molecule has 1 aliphatic heterocycles. The molecule has 92 valence electrons. The molecule has 0 radical (unpaired) electrons. The smallest absolute Gasteiger partial charge is 0.192 e. The van der Waals surface area contributed by atoms with Gasteiger partial charge in [-0.15, -0.1) is 0 Å². The van der Waals surface area contributed by atoms with Crippen LogP contribution >= 0.6 is 0 Å². The quantitative estimate of drug-likeness (QED) is 0.772. The van der Waals surface area contributed by atoms with Gasteiger partial charge >= 0.3 is 0 Å². The molecule has 2 N–H and O–H groups in total. The average molecular weight is 225 g/mol. The fourth-order valence-electron chi connectivity index (χ4n) is 3.20. The SMILES string of the molecule is COC1CCC2(CC1)CN=C(N)N2C(C)C. The Kier molecular flexibility index (Phi) is 3.10. The first-order valence-corrected chi connectivity index (χ1v) is 6.21. The van der Waals surface area contributed by atoms with Crippen molar-refractivity contribution in [2.24, 2.45) is 10.7 Å². The Morgan fingerprint density at radius 1 is 1.44 bits per heavy atom. The zero-order valence-electron chi connectivity index (χ0n) is 10.6. The van der Waals surface area contributed by atoms with E-state index >= 15 is 0 Å². The van der Waals surface area contributed by atoms with E-state index < -0.39 is 0 Å². The molecule has 0 saturated heterocycles. The minimum absolute atomic E-state index is 0.188. The van der Waals surface area contributed by atoms with Gasteiger partial charge in [-0.3, -0.25) is 4.99 Å². The molecule has 16 heavy (non-hydrogen) atoms. The standard InChI is InChI=1S/C12H23N3O/c1-9(2)15-11(13)14-8-12(15)6-4-10(16-3)5-7-12/h9-10H,4-8H2,1-3H3,(H2,13,14). The summed E-state index contributed by atoms with van der Waals surface area (Å²) in [6.45, 7) is 5.25. The molecule has 1 saturated carbocycles. The molecule has 4 heteroatoms. The van der Waals surface area contributed by atoms with Gasteiger partial charge in [-0.25, -0.2) is 0 Å². The summed E-state index contributed by atoms with van der Waals surface area (Å²) >= 11 is 0. The molecule has 2 aliphatic rings. The lowest BCUT2D eigenvalue weighted by molar-refractivity contribution is 0.0164. The van der Waals surface area contributed by atoms with Gasteiger partial charge in [0.1, 0.15) is 0 Å². The lowest BCUT2D eigenvalue weighted by Gasteiger charge is -2.45. The van der Waals surface area contributed by atoms with E-state index in [1.807, 2.05) is 7.11 Å². The molecule has 0 aromatic rings. The first-order chi connectivity index (χ1) is 7.59. The lowest BCUT2D eigenvalue weighted by atomic mass is 9.79. The van der Waals surface area contributed by atoms with Gasteiger partial charge in [0.05, 0.1) is 18.2 Å². The van der Waals surface area contributed by atoms with Crippen molar-refractivity contribution in [3.05, 3.63) is 0 Å². The number of rotatable bonds is 2. The van der Waals surface area contributed by atoms with Crippen LogP contribution in [0.2, 0.25) is 0 Å². The molecule has 0 aromatic carbocycles. The topological polar surface area (TPSA) is 50.9 Å². The van der Waals surface area contributed by atoms with Gasteiger partial charge in [0.25, 0.3) is 0 Å². The average Bonchev–Trinajstić information content (AvgIpc) is 2.57. The Hall–Kier alpha value is -0.770. The maximum absolute atomic E-state index is 6.00. The van der Waals surface area contributed by atoms with Crippen LogP contribution in [0.4, 0.5) is 0 Å². The van der Waals surface area contributed by atoms with Crippen LogP contribution in [0.5, 0.6) is 0 Å². The number of nitrogens with zero attached hydrogens (tertiary/aromatic N) is 2. The normalized spacial score (nSPS) is 34.9. The Morgan fingerprint density at radius 3 is 2.56 bits per heavy atom. The Bertz CT molecular complexity index is 280. The Labute approximate surface area is 97.9 Å². The number of methoxy groups -OCH3 is 1. The molecule has 4 nitrogen and oxygen atoms in total. The second-order valence-electron chi connectivity index (χ2n) is 5.30. The monoisotopic (exact) mass is 225 g/mol. The van der Waals surface area contributed by atoms with Crippen LogP contribution in [0.3, 0.4) is 0 Å². The Balaban J connectivity index is 2.09. The first kappa shape index (κ1) is 11.7. The molecule has 1 heterocycles.